The standard InChI is InChI=1S/C22H30N2O4/c1-4-6-8-14-24(15-20-23-19(16-28-20)22(26)27-3)21(25)18-12-10-17(11-13-18)9-7-5-2/h10-13,16H,4-9,14-15H2,1-3H3. The Kier molecular flexibility index (Phi) is 8.72. The second kappa shape index (κ2) is 11.3. The molecular weight excluding hydrogens is 356 g/mol. The number of benzene rings is 1. The van der Waals surface area contributed by atoms with Crippen LogP contribution in [-0.2, 0) is 17.7 Å². The first-order chi connectivity index (χ1) is 13.6. The smallest absolute Gasteiger partial charge is 0.360 e. The van der Waals surface area contributed by atoms with Crippen LogP contribution in [0.4, 0.5) is 0 Å². The van der Waals surface area contributed by atoms with E-state index in [1.807, 2.05) is 24.3 Å². The predicted molar refractivity (Wildman–Crippen MR) is 107 cm³/mol. The summed E-state index contributed by atoms with van der Waals surface area (Å²) in [6.07, 6.45) is 7.59. The van der Waals surface area contributed by atoms with E-state index in [-0.39, 0.29) is 18.1 Å². The van der Waals surface area contributed by atoms with Gasteiger partial charge in [0.05, 0.1) is 13.7 Å². The molecule has 1 aromatic heterocycles. The Hall–Kier alpha value is -2.63. The molecule has 0 N–H and O–H groups in total. The highest BCUT2D eigenvalue weighted by Gasteiger charge is 2.20. The summed E-state index contributed by atoms with van der Waals surface area (Å²) >= 11 is 0. The van der Waals surface area contributed by atoms with Gasteiger partial charge in [0.25, 0.3) is 5.91 Å². The minimum atomic E-state index is -0.554. The maximum atomic E-state index is 13.0. The van der Waals surface area contributed by atoms with Crippen LogP contribution in [0.1, 0.15) is 78.3 Å². The number of nitrogens with zero attached hydrogens (tertiary/aromatic N) is 2. The molecule has 0 saturated carbocycles. The fraction of sp³-hybridized carbons (Fsp3) is 0.500. The third-order valence-electron chi connectivity index (χ3n) is 4.61. The Morgan fingerprint density at radius 1 is 1.07 bits per heavy atom. The Balaban J connectivity index is 2.11. The highest BCUT2D eigenvalue weighted by molar-refractivity contribution is 5.94. The van der Waals surface area contributed by atoms with Crippen LogP contribution in [0.5, 0.6) is 0 Å². The normalized spacial score (nSPS) is 10.7. The number of rotatable bonds is 11. The molecule has 0 aliphatic heterocycles. The van der Waals surface area contributed by atoms with Gasteiger partial charge in [-0.1, -0.05) is 45.2 Å². The topological polar surface area (TPSA) is 72.6 Å². The zero-order valence-corrected chi connectivity index (χ0v) is 17.1. The van der Waals surface area contributed by atoms with Gasteiger partial charge in [-0.3, -0.25) is 4.79 Å². The molecule has 0 atom stereocenters. The van der Waals surface area contributed by atoms with Gasteiger partial charge in [0.2, 0.25) is 5.89 Å². The molecular formula is C22H30N2O4. The Morgan fingerprint density at radius 3 is 2.43 bits per heavy atom. The number of amides is 1. The summed E-state index contributed by atoms with van der Waals surface area (Å²) in [6.45, 7) is 5.12. The molecule has 152 valence electrons. The minimum absolute atomic E-state index is 0.0593. The molecule has 0 bridgehead atoms. The summed E-state index contributed by atoms with van der Waals surface area (Å²) in [6, 6.07) is 7.81. The number of carbonyl (C=O) groups excluding carboxylic acids is 2. The van der Waals surface area contributed by atoms with Crippen LogP contribution in [0.2, 0.25) is 0 Å². The van der Waals surface area contributed by atoms with Crippen LogP contribution in [0.25, 0.3) is 0 Å². The maximum Gasteiger partial charge on any atom is 0.360 e. The van der Waals surface area contributed by atoms with E-state index < -0.39 is 5.97 Å². The number of unbranched alkanes of at least 4 members (excludes halogenated alkanes) is 3. The Bertz CT molecular complexity index is 752. The number of hydrogen-bond donors (Lipinski definition) is 0. The molecule has 0 unspecified atom stereocenters. The minimum Gasteiger partial charge on any atom is -0.464 e. The lowest BCUT2D eigenvalue weighted by Gasteiger charge is -2.21. The van der Waals surface area contributed by atoms with E-state index in [0.717, 1.165) is 38.5 Å². The van der Waals surface area contributed by atoms with Gasteiger partial charge in [-0.25, -0.2) is 9.78 Å². The molecule has 0 spiro atoms. The molecule has 2 rings (SSSR count). The van der Waals surface area contributed by atoms with Gasteiger partial charge in [-0.2, -0.15) is 0 Å². The third-order valence-corrected chi connectivity index (χ3v) is 4.61. The molecule has 0 radical (unpaired) electrons. The fourth-order valence-electron chi connectivity index (χ4n) is 2.93. The first-order valence-corrected chi connectivity index (χ1v) is 10.00. The van der Waals surface area contributed by atoms with E-state index in [4.69, 9.17) is 4.42 Å². The third kappa shape index (κ3) is 6.22. The molecule has 0 aliphatic carbocycles. The summed E-state index contributed by atoms with van der Waals surface area (Å²) in [5.74, 6) is -0.290. The largest absolute Gasteiger partial charge is 0.464 e. The van der Waals surface area contributed by atoms with Crippen molar-refractivity contribution in [3.05, 3.63) is 53.2 Å². The first kappa shape index (κ1) is 21.7. The fourth-order valence-corrected chi connectivity index (χ4v) is 2.93. The van der Waals surface area contributed by atoms with Crippen molar-refractivity contribution in [2.24, 2.45) is 0 Å². The van der Waals surface area contributed by atoms with Crippen molar-refractivity contribution in [3.8, 4) is 0 Å². The van der Waals surface area contributed by atoms with E-state index >= 15 is 0 Å². The summed E-state index contributed by atoms with van der Waals surface area (Å²) in [7, 11) is 1.29. The van der Waals surface area contributed by atoms with Crippen molar-refractivity contribution >= 4 is 11.9 Å². The van der Waals surface area contributed by atoms with Gasteiger partial charge in [0.15, 0.2) is 5.69 Å². The van der Waals surface area contributed by atoms with Crippen molar-refractivity contribution in [1.29, 1.82) is 0 Å². The monoisotopic (exact) mass is 386 g/mol. The number of carbonyl (C=O) groups is 2. The summed E-state index contributed by atoms with van der Waals surface area (Å²) < 4.78 is 10.0. The van der Waals surface area contributed by atoms with Crippen LogP contribution in [0, 0.1) is 0 Å². The molecule has 1 aromatic carbocycles. The second-order valence-electron chi connectivity index (χ2n) is 6.85. The Morgan fingerprint density at radius 2 is 1.79 bits per heavy atom. The number of esters is 1. The molecule has 0 aliphatic rings. The van der Waals surface area contributed by atoms with Crippen LogP contribution in [-0.4, -0.2) is 35.4 Å². The lowest BCUT2D eigenvalue weighted by atomic mass is 10.1. The van der Waals surface area contributed by atoms with Crippen LogP contribution in [0.3, 0.4) is 0 Å². The molecule has 0 saturated heterocycles. The quantitative estimate of drug-likeness (QED) is 0.416. The van der Waals surface area contributed by atoms with Gasteiger partial charge in [-0.15, -0.1) is 0 Å². The maximum absolute atomic E-state index is 13.0. The van der Waals surface area contributed by atoms with Crippen LogP contribution < -0.4 is 0 Å². The van der Waals surface area contributed by atoms with E-state index in [1.54, 1.807) is 4.90 Å². The molecule has 1 amide bonds. The number of methoxy groups -OCH3 is 1. The first-order valence-electron chi connectivity index (χ1n) is 10.00. The second-order valence-corrected chi connectivity index (χ2v) is 6.85. The van der Waals surface area contributed by atoms with Crippen molar-refractivity contribution in [3.63, 3.8) is 0 Å². The van der Waals surface area contributed by atoms with Gasteiger partial charge >= 0.3 is 5.97 Å². The number of aryl methyl sites for hydroxylation is 1. The molecule has 28 heavy (non-hydrogen) atoms. The zero-order chi connectivity index (χ0) is 20.4. The number of aromatic nitrogens is 1. The molecule has 1 heterocycles. The van der Waals surface area contributed by atoms with Crippen molar-refractivity contribution in [1.82, 2.24) is 9.88 Å². The van der Waals surface area contributed by atoms with Crippen molar-refractivity contribution < 1.29 is 18.7 Å². The Labute approximate surface area is 166 Å². The van der Waals surface area contributed by atoms with Crippen LogP contribution >= 0.6 is 0 Å². The highest BCUT2D eigenvalue weighted by Crippen LogP contribution is 2.14. The average Bonchev–Trinajstić information content (AvgIpc) is 3.19. The molecule has 6 nitrogen and oxygen atoms in total. The van der Waals surface area contributed by atoms with Crippen molar-refractivity contribution in [2.75, 3.05) is 13.7 Å². The number of oxazole rings is 1. The lowest BCUT2D eigenvalue weighted by Crippen LogP contribution is -2.31. The number of ether oxygens (including phenoxy) is 1. The van der Waals surface area contributed by atoms with Gasteiger partial charge < -0.3 is 14.1 Å². The lowest BCUT2D eigenvalue weighted by molar-refractivity contribution is 0.0594. The average molecular weight is 386 g/mol. The summed E-state index contributed by atoms with van der Waals surface area (Å²) in [5, 5.41) is 0. The molecule has 2 aromatic rings. The predicted octanol–water partition coefficient (Wildman–Crippen LogP) is 4.64. The van der Waals surface area contributed by atoms with E-state index in [2.05, 4.69) is 23.6 Å². The zero-order valence-electron chi connectivity index (χ0n) is 17.1. The molecule has 0 fully saturated rings. The van der Waals surface area contributed by atoms with Crippen molar-refractivity contribution in [2.45, 2.75) is 58.9 Å². The van der Waals surface area contributed by atoms with Crippen LogP contribution in [0.15, 0.2) is 34.9 Å². The van der Waals surface area contributed by atoms with Gasteiger partial charge in [0.1, 0.15) is 6.26 Å². The molecule has 6 heteroatoms. The number of hydrogen-bond acceptors (Lipinski definition) is 5. The van der Waals surface area contributed by atoms with E-state index in [0.29, 0.717) is 18.0 Å². The SMILES string of the molecule is CCCCCN(Cc1nc(C(=O)OC)co1)C(=O)c1ccc(CCCC)cc1. The highest BCUT2D eigenvalue weighted by atomic mass is 16.5. The summed E-state index contributed by atoms with van der Waals surface area (Å²) in [4.78, 5) is 30.5. The van der Waals surface area contributed by atoms with E-state index in [1.165, 1.54) is 18.9 Å². The van der Waals surface area contributed by atoms with Gasteiger partial charge in [-0.05, 0) is 37.0 Å². The van der Waals surface area contributed by atoms with E-state index in [9.17, 15) is 9.59 Å². The summed E-state index contributed by atoms with van der Waals surface area (Å²) in [5.41, 5.74) is 2.00. The van der Waals surface area contributed by atoms with Gasteiger partial charge in [0, 0.05) is 12.1 Å².